The van der Waals surface area contributed by atoms with Crippen LogP contribution in [0.25, 0.3) is 0 Å². The molecule has 0 fully saturated rings. The molecule has 0 unspecified atom stereocenters. The van der Waals surface area contributed by atoms with Crippen molar-refractivity contribution < 1.29 is 9.47 Å². The fourth-order valence-corrected chi connectivity index (χ4v) is 2.33. The molecule has 21 heavy (non-hydrogen) atoms. The molecule has 0 radical (unpaired) electrons. The summed E-state index contributed by atoms with van der Waals surface area (Å²) in [6.07, 6.45) is 2.66. The standard InChI is InChI=1S/C15H18Br2Cl2O2/c1-10(2)12-8-11(20-7-4-14(16)17)9-13(19)15(12)21-6-3-5-18/h4,8-10H,3,5-7H2,1-2H3. The van der Waals surface area contributed by atoms with Gasteiger partial charge in [0.05, 0.1) is 15.0 Å². The van der Waals surface area contributed by atoms with Crippen LogP contribution in [-0.2, 0) is 0 Å². The zero-order valence-corrected chi connectivity index (χ0v) is 16.7. The summed E-state index contributed by atoms with van der Waals surface area (Å²) >= 11 is 18.6. The third-order valence-corrected chi connectivity index (χ3v) is 3.88. The number of ether oxygens (including phenoxy) is 2. The molecule has 0 atom stereocenters. The lowest BCUT2D eigenvalue weighted by Gasteiger charge is -2.17. The third kappa shape index (κ3) is 6.81. The molecule has 0 N–H and O–H groups in total. The van der Waals surface area contributed by atoms with Crippen molar-refractivity contribution in [3.8, 4) is 11.5 Å². The molecule has 1 rings (SSSR count). The summed E-state index contributed by atoms with van der Waals surface area (Å²) < 4.78 is 12.3. The first-order chi connectivity index (χ1) is 9.95. The Kier molecular flexibility index (Phi) is 9.10. The molecule has 118 valence electrons. The molecule has 6 heteroatoms. The molecule has 0 saturated carbocycles. The van der Waals surface area contributed by atoms with Crippen molar-refractivity contribution in [3.63, 3.8) is 0 Å². The normalized spacial score (nSPS) is 10.6. The SMILES string of the molecule is CC(C)c1cc(OCC=C(Br)Br)cc(Cl)c1OCCCCl. The van der Waals surface area contributed by atoms with Gasteiger partial charge in [-0.2, -0.15) is 0 Å². The first-order valence-corrected chi connectivity index (χ1v) is 9.11. The van der Waals surface area contributed by atoms with Crippen molar-refractivity contribution >= 4 is 55.1 Å². The van der Waals surface area contributed by atoms with Crippen LogP contribution in [0.5, 0.6) is 11.5 Å². The highest BCUT2D eigenvalue weighted by atomic mass is 79.9. The minimum absolute atomic E-state index is 0.288. The Morgan fingerprint density at radius 3 is 2.57 bits per heavy atom. The highest BCUT2D eigenvalue weighted by Crippen LogP contribution is 2.37. The van der Waals surface area contributed by atoms with Gasteiger partial charge < -0.3 is 9.47 Å². The molecule has 0 bridgehead atoms. The van der Waals surface area contributed by atoms with E-state index in [4.69, 9.17) is 32.7 Å². The van der Waals surface area contributed by atoms with Gasteiger partial charge in [0, 0.05) is 17.5 Å². The minimum atomic E-state index is 0.288. The van der Waals surface area contributed by atoms with E-state index in [2.05, 4.69) is 45.7 Å². The van der Waals surface area contributed by atoms with Crippen LogP contribution >= 0.6 is 55.1 Å². The highest BCUT2D eigenvalue weighted by Gasteiger charge is 2.14. The Bertz CT molecular complexity index is 487. The van der Waals surface area contributed by atoms with Crippen LogP contribution in [0.4, 0.5) is 0 Å². The van der Waals surface area contributed by atoms with Crippen LogP contribution in [0.15, 0.2) is 21.6 Å². The Morgan fingerprint density at radius 2 is 2.00 bits per heavy atom. The smallest absolute Gasteiger partial charge is 0.141 e. The zero-order chi connectivity index (χ0) is 15.8. The Labute approximate surface area is 153 Å². The largest absolute Gasteiger partial charge is 0.492 e. The number of alkyl halides is 1. The fraction of sp³-hybridized carbons (Fsp3) is 0.467. The molecular formula is C15H18Br2Cl2O2. The second-order valence-corrected chi connectivity index (χ2v) is 8.23. The summed E-state index contributed by atoms with van der Waals surface area (Å²) in [5, 5.41) is 0.563. The zero-order valence-electron chi connectivity index (χ0n) is 12.0. The summed E-state index contributed by atoms with van der Waals surface area (Å²) in [5.74, 6) is 2.31. The summed E-state index contributed by atoms with van der Waals surface area (Å²) in [6.45, 7) is 5.20. The predicted molar refractivity (Wildman–Crippen MR) is 97.8 cm³/mol. The van der Waals surface area contributed by atoms with E-state index in [1.165, 1.54) is 0 Å². The molecule has 0 aliphatic carbocycles. The highest BCUT2D eigenvalue weighted by molar-refractivity contribution is 9.28. The van der Waals surface area contributed by atoms with Crippen LogP contribution in [0.3, 0.4) is 0 Å². The van der Waals surface area contributed by atoms with Gasteiger partial charge in [-0.25, -0.2) is 0 Å². The molecule has 0 saturated heterocycles. The molecule has 0 spiro atoms. The molecule has 2 nitrogen and oxygen atoms in total. The minimum Gasteiger partial charge on any atom is -0.492 e. The van der Waals surface area contributed by atoms with E-state index in [-0.39, 0.29) is 5.92 Å². The molecule has 0 aromatic heterocycles. The predicted octanol–water partition coefficient (Wildman–Crippen LogP) is 6.48. The van der Waals surface area contributed by atoms with Crippen LogP contribution in [0.1, 0.15) is 31.7 Å². The van der Waals surface area contributed by atoms with Crippen LogP contribution in [0, 0.1) is 0 Å². The van der Waals surface area contributed by atoms with Crippen molar-refractivity contribution in [2.45, 2.75) is 26.2 Å². The second kappa shape index (κ2) is 9.98. The van der Waals surface area contributed by atoms with Crippen molar-refractivity contribution in [1.82, 2.24) is 0 Å². The molecule has 0 aliphatic rings. The summed E-state index contributed by atoms with van der Waals surface area (Å²) in [5.41, 5.74) is 1.04. The third-order valence-electron chi connectivity index (χ3n) is 2.68. The molecule has 0 amide bonds. The van der Waals surface area contributed by atoms with Gasteiger partial charge in [-0.05, 0) is 56.3 Å². The maximum absolute atomic E-state index is 6.33. The maximum atomic E-state index is 6.33. The van der Waals surface area contributed by atoms with E-state index >= 15 is 0 Å². The van der Waals surface area contributed by atoms with Crippen molar-refractivity contribution in [1.29, 1.82) is 0 Å². The van der Waals surface area contributed by atoms with E-state index in [1.807, 2.05) is 12.1 Å². The lowest BCUT2D eigenvalue weighted by Crippen LogP contribution is -2.04. The average molecular weight is 461 g/mol. The lowest BCUT2D eigenvalue weighted by atomic mass is 10.0. The number of hydrogen-bond acceptors (Lipinski definition) is 2. The monoisotopic (exact) mass is 458 g/mol. The first-order valence-electron chi connectivity index (χ1n) is 6.61. The molecule has 0 aliphatic heterocycles. The number of hydrogen-bond donors (Lipinski definition) is 0. The van der Waals surface area contributed by atoms with Gasteiger partial charge in [-0.3, -0.25) is 0 Å². The van der Waals surface area contributed by atoms with Crippen LogP contribution < -0.4 is 9.47 Å². The maximum Gasteiger partial charge on any atom is 0.141 e. The number of halogens is 4. The Balaban J connectivity index is 2.92. The number of rotatable bonds is 8. The van der Waals surface area contributed by atoms with Crippen molar-refractivity contribution in [3.05, 3.63) is 32.2 Å². The topological polar surface area (TPSA) is 18.5 Å². The van der Waals surface area contributed by atoms with E-state index in [1.54, 1.807) is 6.07 Å². The van der Waals surface area contributed by atoms with E-state index in [0.717, 1.165) is 26.9 Å². The van der Waals surface area contributed by atoms with Gasteiger partial charge in [0.1, 0.15) is 18.1 Å². The van der Waals surface area contributed by atoms with Crippen LogP contribution in [-0.4, -0.2) is 19.1 Å². The fourth-order valence-electron chi connectivity index (χ4n) is 1.68. The lowest BCUT2D eigenvalue weighted by molar-refractivity contribution is 0.312. The quantitative estimate of drug-likeness (QED) is 0.326. The van der Waals surface area contributed by atoms with Crippen LogP contribution in [0.2, 0.25) is 5.02 Å². The molecule has 1 aromatic rings. The van der Waals surface area contributed by atoms with Gasteiger partial charge in [0.2, 0.25) is 0 Å². The molecule has 1 aromatic carbocycles. The number of benzene rings is 1. The van der Waals surface area contributed by atoms with Gasteiger partial charge in [0.15, 0.2) is 0 Å². The van der Waals surface area contributed by atoms with Crippen molar-refractivity contribution in [2.24, 2.45) is 0 Å². The van der Waals surface area contributed by atoms with Gasteiger partial charge >= 0.3 is 0 Å². The van der Waals surface area contributed by atoms with Gasteiger partial charge in [-0.1, -0.05) is 25.4 Å². The Morgan fingerprint density at radius 1 is 1.29 bits per heavy atom. The van der Waals surface area contributed by atoms with Crippen molar-refractivity contribution in [2.75, 3.05) is 19.1 Å². The van der Waals surface area contributed by atoms with E-state index in [9.17, 15) is 0 Å². The molecular weight excluding hydrogens is 443 g/mol. The summed E-state index contributed by atoms with van der Waals surface area (Å²) in [6, 6.07) is 3.75. The van der Waals surface area contributed by atoms with E-state index in [0.29, 0.717) is 24.1 Å². The summed E-state index contributed by atoms with van der Waals surface area (Å²) in [7, 11) is 0. The second-order valence-electron chi connectivity index (χ2n) is 4.67. The van der Waals surface area contributed by atoms with Gasteiger partial charge in [-0.15, -0.1) is 11.6 Å². The molecule has 0 heterocycles. The first kappa shape index (κ1) is 19.1. The van der Waals surface area contributed by atoms with E-state index < -0.39 is 0 Å². The Hall–Kier alpha value is 0.1000. The van der Waals surface area contributed by atoms with Gasteiger partial charge in [0.25, 0.3) is 0 Å². The summed E-state index contributed by atoms with van der Waals surface area (Å²) in [4.78, 5) is 0. The average Bonchev–Trinajstić information content (AvgIpc) is 2.40.